The summed E-state index contributed by atoms with van der Waals surface area (Å²) in [6.07, 6.45) is 0.221. The van der Waals surface area contributed by atoms with Crippen LogP contribution in [0.4, 0.5) is 13.2 Å². The lowest BCUT2D eigenvalue weighted by Gasteiger charge is -2.11. The van der Waals surface area contributed by atoms with Gasteiger partial charge in [0.15, 0.2) is 5.78 Å². The normalized spacial score (nSPS) is 11.9. The first-order valence-electron chi connectivity index (χ1n) is 7.73. The molecule has 26 heavy (non-hydrogen) atoms. The molecule has 0 saturated heterocycles. The maximum Gasteiger partial charge on any atom is 0.411 e. The van der Waals surface area contributed by atoms with Gasteiger partial charge >= 0.3 is 6.18 Å². The number of benzene rings is 1. The number of halogens is 3. The number of ether oxygens (including phenoxy) is 2. The first-order valence-corrected chi connectivity index (χ1v) is 7.73. The minimum atomic E-state index is -4.39. The Bertz CT molecular complexity index is 810. The topological polar surface area (TPSA) is 53.4 Å². The maximum absolute atomic E-state index is 12.2. The van der Waals surface area contributed by atoms with Gasteiger partial charge in [-0.15, -0.1) is 0 Å². The summed E-state index contributed by atoms with van der Waals surface area (Å²) in [6, 6.07) is 4.94. The maximum atomic E-state index is 12.2. The Hall–Kier alpha value is -2.61. The number of alkyl halides is 3. The van der Waals surface area contributed by atoms with E-state index in [9.17, 15) is 18.0 Å². The molecule has 1 aromatic heterocycles. The van der Waals surface area contributed by atoms with E-state index in [1.807, 2.05) is 0 Å². The van der Waals surface area contributed by atoms with Crippen LogP contribution in [0, 0.1) is 6.92 Å². The number of hydrogen-bond donors (Lipinski definition) is 0. The van der Waals surface area contributed by atoms with E-state index in [0.717, 1.165) is 0 Å². The highest BCUT2D eigenvalue weighted by molar-refractivity contribution is 6.07. The third-order valence-corrected chi connectivity index (χ3v) is 3.53. The fourth-order valence-electron chi connectivity index (χ4n) is 2.39. The lowest BCUT2D eigenvalue weighted by atomic mass is 10.1. The molecule has 0 aliphatic carbocycles. The molecule has 0 radical (unpaired) electrons. The van der Waals surface area contributed by atoms with Crippen LogP contribution in [0.3, 0.4) is 0 Å². The lowest BCUT2D eigenvalue weighted by Crippen LogP contribution is -2.16. The lowest BCUT2D eigenvalue weighted by molar-refractivity contribution is -0.176. The van der Waals surface area contributed by atoms with Crippen molar-refractivity contribution in [1.82, 2.24) is 9.78 Å². The summed E-state index contributed by atoms with van der Waals surface area (Å²) < 4.78 is 48.0. The van der Waals surface area contributed by atoms with Gasteiger partial charge in [0.05, 0.1) is 25.0 Å². The number of ketones is 1. The van der Waals surface area contributed by atoms with E-state index >= 15 is 0 Å². The van der Waals surface area contributed by atoms with Crippen LogP contribution in [0.25, 0.3) is 6.08 Å². The van der Waals surface area contributed by atoms with Gasteiger partial charge in [0.1, 0.15) is 12.4 Å². The average Bonchev–Trinajstić information content (AvgIpc) is 2.90. The predicted octanol–water partition coefficient (Wildman–Crippen LogP) is 3.71. The van der Waals surface area contributed by atoms with Gasteiger partial charge in [-0.25, -0.2) is 0 Å². The van der Waals surface area contributed by atoms with Gasteiger partial charge in [-0.1, -0.05) is 12.1 Å². The molecule has 0 atom stereocenters. The van der Waals surface area contributed by atoms with Crippen molar-refractivity contribution in [2.45, 2.75) is 19.7 Å². The molecule has 1 heterocycles. The number of carbonyl (C=O) groups excluding carboxylic acids is 1. The molecule has 0 amide bonds. The molecule has 0 N–H and O–H groups in total. The van der Waals surface area contributed by atoms with E-state index in [1.54, 1.807) is 49.1 Å². The molecule has 5 nitrogen and oxygen atoms in total. The Labute approximate surface area is 149 Å². The molecule has 0 bridgehead atoms. The zero-order valence-electron chi connectivity index (χ0n) is 14.6. The second kappa shape index (κ2) is 8.18. The second-order valence-corrected chi connectivity index (χ2v) is 5.68. The van der Waals surface area contributed by atoms with E-state index in [-0.39, 0.29) is 12.4 Å². The second-order valence-electron chi connectivity index (χ2n) is 5.68. The van der Waals surface area contributed by atoms with Crippen LogP contribution in [0.15, 0.2) is 30.5 Å². The molecule has 2 aromatic rings. The van der Waals surface area contributed by atoms with Crippen LogP contribution in [0.2, 0.25) is 0 Å². The summed E-state index contributed by atoms with van der Waals surface area (Å²) in [5.41, 5.74) is 2.22. The SMILES string of the molecule is COc1ccc(/C=C/C(=O)c2cn(C)nc2C)cc1COCC(F)(F)F. The third kappa shape index (κ3) is 5.45. The minimum Gasteiger partial charge on any atom is -0.496 e. The molecule has 2 rings (SSSR count). The average molecular weight is 368 g/mol. The highest BCUT2D eigenvalue weighted by Crippen LogP contribution is 2.23. The van der Waals surface area contributed by atoms with Gasteiger partial charge in [0.25, 0.3) is 0 Å². The van der Waals surface area contributed by atoms with Crippen LogP contribution in [0.1, 0.15) is 27.2 Å². The van der Waals surface area contributed by atoms with Crippen LogP contribution in [-0.2, 0) is 18.4 Å². The van der Waals surface area contributed by atoms with Gasteiger partial charge in [0.2, 0.25) is 0 Å². The molecular weight excluding hydrogens is 349 g/mol. The summed E-state index contributed by atoms with van der Waals surface area (Å²) >= 11 is 0. The number of carbonyl (C=O) groups is 1. The van der Waals surface area contributed by atoms with Crippen molar-refractivity contribution >= 4 is 11.9 Å². The third-order valence-electron chi connectivity index (χ3n) is 3.53. The highest BCUT2D eigenvalue weighted by Gasteiger charge is 2.27. The zero-order chi connectivity index (χ0) is 19.3. The predicted molar refractivity (Wildman–Crippen MR) is 90.0 cm³/mol. The van der Waals surface area contributed by atoms with Gasteiger partial charge < -0.3 is 9.47 Å². The summed E-state index contributed by atoms with van der Waals surface area (Å²) in [7, 11) is 3.15. The zero-order valence-corrected chi connectivity index (χ0v) is 14.6. The van der Waals surface area contributed by atoms with Crippen LogP contribution in [0.5, 0.6) is 5.75 Å². The number of aryl methyl sites for hydroxylation is 2. The number of methoxy groups -OCH3 is 1. The largest absolute Gasteiger partial charge is 0.496 e. The molecule has 0 aliphatic rings. The molecule has 1 aromatic carbocycles. The Kier molecular flexibility index (Phi) is 6.20. The fraction of sp³-hybridized carbons (Fsp3) is 0.333. The fourth-order valence-corrected chi connectivity index (χ4v) is 2.39. The number of allylic oxidation sites excluding steroid dienone is 1. The van der Waals surface area contributed by atoms with Crippen molar-refractivity contribution < 1.29 is 27.4 Å². The van der Waals surface area contributed by atoms with Crippen molar-refractivity contribution in [2.75, 3.05) is 13.7 Å². The van der Waals surface area contributed by atoms with Crippen LogP contribution >= 0.6 is 0 Å². The van der Waals surface area contributed by atoms with Gasteiger partial charge in [-0.05, 0) is 30.7 Å². The molecule has 140 valence electrons. The van der Waals surface area contributed by atoms with E-state index in [0.29, 0.717) is 28.1 Å². The van der Waals surface area contributed by atoms with Crippen LogP contribution < -0.4 is 4.74 Å². The number of rotatable bonds is 7. The number of nitrogens with zero attached hydrogens (tertiary/aromatic N) is 2. The van der Waals surface area contributed by atoms with Gasteiger partial charge in [0, 0.05) is 18.8 Å². The smallest absolute Gasteiger partial charge is 0.411 e. The molecule has 0 spiro atoms. The monoisotopic (exact) mass is 368 g/mol. The van der Waals surface area contributed by atoms with E-state index < -0.39 is 12.8 Å². The molecule has 0 aliphatic heterocycles. The molecule has 8 heteroatoms. The Morgan fingerprint density at radius 2 is 2.08 bits per heavy atom. The quantitative estimate of drug-likeness (QED) is 0.552. The molecule has 0 fully saturated rings. The first kappa shape index (κ1) is 19.7. The summed E-state index contributed by atoms with van der Waals surface area (Å²) in [5.74, 6) is 0.208. The van der Waals surface area contributed by atoms with E-state index in [2.05, 4.69) is 9.84 Å². The van der Waals surface area contributed by atoms with Gasteiger partial charge in [-0.2, -0.15) is 18.3 Å². The summed E-state index contributed by atoms with van der Waals surface area (Å²) in [5, 5.41) is 4.11. The molecular formula is C18H19F3N2O3. The Balaban J connectivity index is 2.13. The van der Waals surface area contributed by atoms with Crippen molar-refractivity contribution in [3.05, 3.63) is 52.9 Å². The minimum absolute atomic E-state index is 0.207. The van der Waals surface area contributed by atoms with E-state index in [1.165, 1.54) is 13.2 Å². The number of aromatic nitrogens is 2. The number of hydrogen-bond acceptors (Lipinski definition) is 4. The van der Waals surface area contributed by atoms with Crippen LogP contribution in [-0.4, -0.2) is 35.5 Å². The van der Waals surface area contributed by atoms with Gasteiger partial charge in [-0.3, -0.25) is 9.48 Å². The van der Waals surface area contributed by atoms with E-state index in [4.69, 9.17) is 4.74 Å². The molecule has 0 saturated carbocycles. The van der Waals surface area contributed by atoms with Crippen molar-refractivity contribution in [3.63, 3.8) is 0 Å². The van der Waals surface area contributed by atoms with Crippen molar-refractivity contribution in [2.24, 2.45) is 7.05 Å². The van der Waals surface area contributed by atoms with Crippen molar-refractivity contribution in [1.29, 1.82) is 0 Å². The standard InChI is InChI=1S/C18H19F3N2O3/c1-12-15(9-23(2)22-12)16(24)6-4-13-5-7-17(25-3)14(8-13)10-26-11-18(19,20)21/h4-9H,10-11H2,1-3H3/b6-4+. The first-order chi connectivity index (χ1) is 12.2. The Morgan fingerprint density at radius 3 is 2.65 bits per heavy atom. The Morgan fingerprint density at radius 1 is 1.35 bits per heavy atom. The summed E-state index contributed by atoms with van der Waals surface area (Å²) in [4.78, 5) is 12.2. The van der Waals surface area contributed by atoms with Crippen molar-refractivity contribution in [3.8, 4) is 5.75 Å². The highest BCUT2D eigenvalue weighted by atomic mass is 19.4. The summed E-state index contributed by atoms with van der Waals surface area (Å²) in [6.45, 7) is 0.152. The molecule has 0 unspecified atom stereocenters.